The molecule has 3 rings (SSSR count). The molecule has 2 heterocycles. The number of urea groups is 1. The molecule has 1 aromatic carbocycles. The van der Waals surface area contributed by atoms with Crippen LogP contribution in [0.4, 0.5) is 9.93 Å². The van der Waals surface area contributed by atoms with Crippen molar-refractivity contribution in [3.8, 4) is 0 Å². The van der Waals surface area contributed by atoms with E-state index in [2.05, 4.69) is 36.2 Å². The van der Waals surface area contributed by atoms with Gasteiger partial charge in [-0.25, -0.2) is 9.78 Å². The Kier molecular flexibility index (Phi) is 4.42. The van der Waals surface area contributed by atoms with Crippen molar-refractivity contribution in [1.29, 1.82) is 0 Å². The van der Waals surface area contributed by atoms with Gasteiger partial charge in [-0.3, -0.25) is 0 Å². The Labute approximate surface area is 147 Å². The van der Waals surface area contributed by atoms with Crippen LogP contribution >= 0.6 is 11.3 Å². The molecule has 0 aliphatic carbocycles. The molecule has 130 valence electrons. The van der Waals surface area contributed by atoms with Crippen LogP contribution in [0.25, 0.3) is 10.2 Å². The molecule has 1 aliphatic rings. The second-order valence-electron chi connectivity index (χ2n) is 7.50. The van der Waals surface area contributed by atoms with Crippen LogP contribution in [0, 0.1) is 13.8 Å². The molecule has 0 radical (unpaired) electrons. The fourth-order valence-corrected chi connectivity index (χ4v) is 3.93. The van der Waals surface area contributed by atoms with Crippen LogP contribution in [-0.4, -0.2) is 47.6 Å². The fourth-order valence-electron chi connectivity index (χ4n) is 2.85. The van der Waals surface area contributed by atoms with E-state index in [-0.39, 0.29) is 11.6 Å². The Morgan fingerprint density at radius 2 is 1.83 bits per heavy atom. The predicted octanol–water partition coefficient (Wildman–Crippen LogP) is 3.54. The van der Waals surface area contributed by atoms with Crippen LogP contribution in [0.2, 0.25) is 0 Å². The Morgan fingerprint density at radius 3 is 2.46 bits per heavy atom. The summed E-state index contributed by atoms with van der Waals surface area (Å²) in [5.74, 6) is 0. The standard InChI is InChI=1S/C18H26N4OS/c1-12-6-7-14-15(13(12)2)19-17(24-14)22-10-8-21(9-11-22)16(23)20-18(3,4)5/h6-7H,8-11H2,1-5H3,(H,20,23). The summed E-state index contributed by atoms with van der Waals surface area (Å²) in [6.07, 6.45) is 0. The van der Waals surface area contributed by atoms with Gasteiger partial charge in [-0.05, 0) is 51.8 Å². The van der Waals surface area contributed by atoms with Crippen molar-refractivity contribution >= 4 is 32.7 Å². The lowest BCUT2D eigenvalue weighted by Gasteiger charge is -2.36. The third kappa shape index (κ3) is 3.48. The highest BCUT2D eigenvalue weighted by Crippen LogP contribution is 2.32. The number of hydrogen-bond donors (Lipinski definition) is 1. The highest BCUT2D eigenvalue weighted by atomic mass is 32.1. The number of fused-ring (bicyclic) bond motifs is 1. The van der Waals surface area contributed by atoms with E-state index in [0.717, 1.165) is 36.8 Å². The zero-order valence-electron chi connectivity index (χ0n) is 15.1. The number of carbonyl (C=O) groups excluding carboxylic acids is 1. The zero-order chi connectivity index (χ0) is 17.5. The number of rotatable bonds is 1. The summed E-state index contributed by atoms with van der Waals surface area (Å²) in [5, 5.41) is 4.10. The van der Waals surface area contributed by atoms with E-state index in [1.807, 2.05) is 25.7 Å². The summed E-state index contributed by atoms with van der Waals surface area (Å²) in [7, 11) is 0. The molecule has 0 bridgehead atoms. The summed E-state index contributed by atoms with van der Waals surface area (Å²) < 4.78 is 1.24. The van der Waals surface area contributed by atoms with Gasteiger partial charge in [-0.2, -0.15) is 0 Å². The molecule has 24 heavy (non-hydrogen) atoms. The number of benzene rings is 1. The molecular formula is C18H26N4OS. The number of amides is 2. The summed E-state index contributed by atoms with van der Waals surface area (Å²) in [6, 6.07) is 4.35. The number of aromatic nitrogens is 1. The van der Waals surface area contributed by atoms with Gasteiger partial charge in [0, 0.05) is 31.7 Å². The molecule has 6 heteroatoms. The van der Waals surface area contributed by atoms with Gasteiger partial charge in [0.15, 0.2) is 5.13 Å². The summed E-state index contributed by atoms with van der Waals surface area (Å²) in [5.41, 5.74) is 3.46. The van der Waals surface area contributed by atoms with E-state index in [9.17, 15) is 4.79 Å². The van der Waals surface area contributed by atoms with Gasteiger partial charge in [0.05, 0.1) is 10.2 Å². The summed E-state index contributed by atoms with van der Waals surface area (Å²) in [6.45, 7) is 13.4. The Balaban J connectivity index is 1.69. The van der Waals surface area contributed by atoms with Gasteiger partial charge in [0.2, 0.25) is 0 Å². The number of nitrogens with zero attached hydrogens (tertiary/aromatic N) is 3. The van der Waals surface area contributed by atoms with Crippen LogP contribution < -0.4 is 10.2 Å². The lowest BCUT2D eigenvalue weighted by molar-refractivity contribution is 0.185. The monoisotopic (exact) mass is 346 g/mol. The van der Waals surface area contributed by atoms with Gasteiger partial charge in [-0.15, -0.1) is 0 Å². The van der Waals surface area contributed by atoms with E-state index in [4.69, 9.17) is 4.98 Å². The molecular weight excluding hydrogens is 320 g/mol. The maximum atomic E-state index is 12.3. The van der Waals surface area contributed by atoms with E-state index in [0.29, 0.717) is 0 Å². The molecule has 1 aliphatic heterocycles. The average Bonchev–Trinajstić information content (AvgIpc) is 2.94. The van der Waals surface area contributed by atoms with Crippen molar-refractivity contribution in [3.63, 3.8) is 0 Å². The number of hydrogen-bond acceptors (Lipinski definition) is 4. The number of anilines is 1. The molecule has 0 atom stereocenters. The van der Waals surface area contributed by atoms with Crippen molar-refractivity contribution in [3.05, 3.63) is 23.3 Å². The average molecular weight is 347 g/mol. The molecule has 1 N–H and O–H groups in total. The highest BCUT2D eigenvalue weighted by Gasteiger charge is 2.25. The number of aryl methyl sites for hydroxylation is 2. The van der Waals surface area contributed by atoms with Gasteiger partial charge in [0.25, 0.3) is 0 Å². The lowest BCUT2D eigenvalue weighted by Crippen LogP contribution is -2.55. The highest BCUT2D eigenvalue weighted by molar-refractivity contribution is 7.22. The Bertz CT molecular complexity index is 754. The van der Waals surface area contributed by atoms with Gasteiger partial charge < -0.3 is 15.1 Å². The van der Waals surface area contributed by atoms with Gasteiger partial charge in [0.1, 0.15) is 0 Å². The van der Waals surface area contributed by atoms with E-state index < -0.39 is 0 Å². The predicted molar refractivity (Wildman–Crippen MR) is 101 cm³/mol. The minimum Gasteiger partial charge on any atom is -0.345 e. The van der Waals surface area contributed by atoms with Crippen molar-refractivity contribution in [2.24, 2.45) is 0 Å². The molecule has 5 nitrogen and oxygen atoms in total. The van der Waals surface area contributed by atoms with E-state index in [1.54, 1.807) is 11.3 Å². The number of thiazole rings is 1. The summed E-state index contributed by atoms with van der Waals surface area (Å²) in [4.78, 5) is 21.3. The first-order valence-corrected chi connectivity index (χ1v) is 9.25. The van der Waals surface area contributed by atoms with Crippen LogP contribution in [0.3, 0.4) is 0 Å². The molecule has 1 fully saturated rings. The smallest absolute Gasteiger partial charge is 0.317 e. The third-order valence-electron chi connectivity index (χ3n) is 4.39. The second kappa shape index (κ2) is 6.24. The van der Waals surface area contributed by atoms with E-state index in [1.165, 1.54) is 15.8 Å². The third-order valence-corrected chi connectivity index (χ3v) is 5.47. The van der Waals surface area contributed by atoms with E-state index >= 15 is 0 Å². The van der Waals surface area contributed by atoms with Crippen molar-refractivity contribution in [2.75, 3.05) is 31.1 Å². The first-order chi connectivity index (χ1) is 11.2. The molecule has 0 saturated carbocycles. The first-order valence-electron chi connectivity index (χ1n) is 8.43. The van der Waals surface area contributed by atoms with Crippen molar-refractivity contribution in [1.82, 2.24) is 15.2 Å². The van der Waals surface area contributed by atoms with Crippen molar-refractivity contribution < 1.29 is 4.79 Å². The first kappa shape index (κ1) is 17.0. The number of carbonyl (C=O) groups is 1. The summed E-state index contributed by atoms with van der Waals surface area (Å²) >= 11 is 1.74. The lowest BCUT2D eigenvalue weighted by atomic mass is 10.1. The number of piperazine rings is 1. The van der Waals surface area contributed by atoms with Crippen LogP contribution in [-0.2, 0) is 0 Å². The van der Waals surface area contributed by atoms with Crippen LogP contribution in [0.1, 0.15) is 31.9 Å². The molecule has 0 spiro atoms. The van der Waals surface area contributed by atoms with Crippen molar-refractivity contribution in [2.45, 2.75) is 40.2 Å². The Morgan fingerprint density at radius 1 is 1.17 bits per heavy atom. The maximum Gasteiger partial charge on any atom is 0.317 e. The zero-order valence-corrected chi connectivity index (χ0v) is 16.0. The fraction of sp³-hybridized carbons (Fsp3) is 0.556. The minimum absolute atomic E-state index is 0.0259. The largest absolute Gasteiger partial charge is 0.345 e. The molecule has 0 unspecified atom stereocenters. The topological polar surface area (TPSA) is 48.5 Å². The SMILES string of the molecule is Cc1ccc2sc(N3CCN(C(=O)NC(C)(C)C)CC3)nc2c1C. The number of nitrogens with one attached hydrogen (secondary N) is 1. The van der Waals surface area contributed by atoms with Gasteiger partial charge in [-0.1, -0.05) is 17.4 Å². The normalized spacial score (nSPS) is 15.9. The molecule has 1 aromatic heterocycles. The second-order valence-corrected chi connectivity index (χ2v) is 8.51. The Hall–Kier alpha value is -1.82. The molecule has 2 aromatic rings. The minimum atomic E-state index is -0.198. The molecule has 1 saturated heterocycles. The quantitative estimate of drug-likeness (QED) is 0.859. The van der Waals surface area contributed by atoms with Gasteiger partial charge >= 0.3 is 6.03 Å². The maximum absolute atomic E-state index is 12.3. The van der Waals surface area contributed by atoms with Crippen LogP contribution in [0.5, 0.6) is 0 Å². The molecule has 2 amide bonds. The van der Waals surface area contributed by atoms with Crippen LogP contribution in [0.15, 0.2) is 12.1 Å².